The molecule has 6 heteroatoms. The van der Waals surface area contributed by atoms with Crippen molar-refractivity contribution in [1.82, 2.24) is 0 Å². The number of esters is 1. The van der Waals surface area contributed by atoms with Crippen molar-refractivity contribution in [2.24, 2.45) is 0 Å². The number of carbonyl (C=O) groups is 1. The Labute approximate surface area is 83.6 Å². The fourth-order valence-electron chi connectivity index (χ4n) is 0.715. The lowest BCUT2D eigenvalue weighted by Gasteiger charge is -2.09. The minimum Gasteiger partial charge on any atom is -0.463 e. The van der Waals surface area contributed by atoms with E-state index >= 15 is 0 Å². The molecule has 0 aromatic heterocycles. The van der Waals surface area contributed by atoms with Crippen LogP contribution in [-0.4, -0.2) is 26.8 Å². The summed E-state index contributed by atoms with van der Waals surface area (Å²) in [6.07, 6.45) is 0. The molecule has 0 N–H and O–H groups in total. The Bertz CT molecular complexity index is 263. The molecule has 0 aromatic rings. The molecule has 0 bridgehead atoms. The average Bonchev–Trinajstić information content (AvgIpc) is 2.18. The highest BCUT2D eigenvalue weighted by atomic mass is 31.2. The van der Waals surface area contributed by atoms with Crippen LogP contribution in [0.15, 0.2) is 11.4 Å². The molecule has 0 spiro atoms. The average molecular weight is 222 g/mol. The summed E-state index contributed by atoms with van der Waals surface area (Å²) in [6.45, 7) is 3.45. The molecule has 0 aliphatic carbocycles. The van der Waals surface area contributed by atoms with Gasteiger partial charge in [-0.25, -0.2) is 4.79 Å². The maximum absolute atomic E-state index is 11.5. The highest BCUT2D eigenvalue weighted by Gasteiger charge is 2.19. The molecule has 0 fully saturated rings. The van der Waals surface area contributed by atoms with Crippen molar-refractivity contribution in [2.45, 2.75) is 13.8 Å². The van der Waals surface area contributed by atoms with Gasteiger partial charge in [-0.15, -0.1) is 0 Å². The second-order valence-corrected chi connectivity index (χ2v) is 4.51. The first kappa shape index (κ1) is 13.4. The normalized spacial score (nSPS) is 12.7. The predicted molar refractivity (Wildman–Crippen MR) is 52.0 cm³/mol. The monoisotopic (exact) mass is 222 g/mol. The molecule has 5 nitrogen and oxygen atoms in total. The van der Waals surface area contributed by atoms with Gasteiger partial charge >= 0.3 is 13.6 Å². The third-order valence-electron chi connectivity index (χ3n) is 1.46. The summed E-state index contributed by atoms with van der Waals surface area (Å²) < 4.78 is 25.5. The van der Waals surface area contributed by atoms with Gasteiger partial charge in [0.1, 0.15) is 0 Å². The van der Waals surface area contributed by atoms with E-state index in [2.05, 4.69) is 9.05 Å². The van der Waals surface area contributed by atoms with Gasteiger partial charge in [0.2, 0.25) is 0 Å². The van der Waals surface area contributed by atoms with Crippen LogP contribution < -0.4 is 0 Å². The quantitative estimate of drug-likeness (QED) is 0.404. The van der Waals surface area contributed by atoms with E-state index in [1.165, 1.54) is 21.1 Å². The summed E-state index contributed by atoms with van der Waals surface area (Å²) in [5.41, 5.74) is 0.207. The van der Waals surface area contributed by atoms with Crippen molar-refractivity contribution < 1.29 is 23.1 Å². The molecule has 0 saturated heterocycles. The van der Waals surface area contributed by atoms with Crippen LogP contribution >= 0.6 is 7.60 Å². The van der Waals surface area contributed by atoms with Crippen molar-refractivity contribution in [2.75, 3.05) is 20.8 Å². The standard InChI is InChI=1S/C8H15O5P/c1-5-13-8(9)7(2)6-14(10,11-3)12-4/h6H,5H2,1-4H3/b7-6-. The highest BCUT2D eigenvalue weighted by molar-refractivity contribution is 7.57. The molecule has 0 aromatic carbocycles. The van der Waals surface area contributed by atoms with E-state index in [9.17, 15) is 9.36 Å². The lowest BCUT2D eigenvalue weighted by atomic mass is 10.4. The highest BCUT2D eigenvalue weighted by Crippen LogP contribution is 2.48. The van der Waals surface area contributed by atoms with Crippen molar-refractivity contribution in [3.8, 4) is 0 Å². The van der Waals surface area contributed by atoms with Gasteiger partial charge < -0.3 is 13.8 Å². The third-order valence-corrected chi connectivity index (χ3v) is 3.18. The first-order chi connectivity index (χ1) is 6.49. The van der Waals surface area contributed by atoms with Crippen LogP contribution in [0.5, 0.6) is 0 Å². The molecule has 0 amide bonds. The zero-order chi connectivity index (χ0) is 11.2. The number of rotatable bonds is 5. The number of carbonyl (C=O) groups excluding carboxylic acids is 1. The Morgan fingerprint density at radius 2 is 1.86 bits per heavy atom. The van der Waals surface area contributed by atoms with E-state index in [0.717, 1.165) is 5.82 Å². The SMILES string of the molecule is CCOC(=O)/C(C)=C\P(=O)(OC)OC. The van der Waals surface area contributed by atoms with Gasteiger partial charge in [-0.1, -0.05) is 0 Å². The Hall–Kier alpha value is -0.640. The van der Waals surface area contributed by atoms with Gasteiger partial charge in [-0.2, -0.15) is 0 Å². The molecule has 0 rings (SSSR count). The van der Waals surface area contributed by atoms with Crippen LogP contribution in [0.2, 0.25) is 0 Å². The minimum absolute atomic E-state index is 0.207. The molecule has 0 heterocycles. The zero-order valence-corrected chi connectivity index (χ0v) is 9.67. The minimum atomic E-state index is -3.28. The molecular weight excluding hydrogens is 207 g/mol. The molecule has 0 unspecified atom stereocenters. The molecule has 0 radical (unpaired) electrons. The maximum atomic E-state index is 11.5. The van der Waals surface area contributed by atoms with Crippen LogP contribution in [0.4, 0.5) is 0 Å². The lowest BCUT2D eigenvalue weighted by molar-refractivity contribution is -0.138. The summed E-state index contributed by atoms with van der Waals surface area (Å²) in [5.74, 6) is 0.618. The third kappa shape index (κ3) is 4.05. The fourth-order valence-corrected chi connectivity index (χ4v) is 1.65. The van der Waals surface area contributed by atoms with Crippen LogP contribution in [0.1, 0.15) is 13.8 Å². The summed E-state index contributed by atoms with van der Waals surface area (Å²) in [5, 5.41) is 0. The number of ether oxygens (including phenoxy) is 1. The summed E-state index contributed by atoms with van der Waals surface area (Å²) in [7, 11) is -0.779. The summed E-state index contributed by atoms with van der Waals surface area (Å²) in [4.78, 5) is 11.1. The molecule has 82 valence electrons. The van der Waals surface area contributed by atoms with Crippen molar-refractivity contribution in [3.63, 3.8) is 0 Å². The Morgan fingerprint density at radius 1 is 1.36 bits per heavy atom. The summed E-state index contributed by atoms with van der Waals surface area (Å²) in [6, 6.07) is 0. The van der Waals surface area contributed by atoms with E-state index in [1.54, 1.807) is 6.92 Å². The van der Waals surface area contributed by atoms with Crippen LogP contribution in [-0.2, 0) is 23.1 Å². The predicted octanol–water partition coefficient (Wildman–Crippen LogP) is 1.94. The van der Waals surface area contributed by atoms with Crippen LogP contribution in [0, 0.1) is 0 Å². The van der Waals surface area contributed by atoms with Crippen LogP contribution in [0.25, 0.3) is 0 Å². The Balaban J connectivity index is 4.64. The van der Waals surface area contributed by atoms with E-state index in [0.29, 0.717) is 0 Å². The fraction of sp³-hybridized carbons (Fsp3) is 0.625. The second-order valence-electron chi connectivity index (χ2n) is 2.44. The molecule has 0 aliphatic heterocycles. The molecular formula is C8H15O5P. The topological polar surface area (TPSA) is 61.8 Å². The zero-order valence-electron chi connectivity index (χ0n) is 8.77. The first-order valence-corrected chi connectivity index (χ1v) is 5.68. The molecule has 14 heavy (non-hydrogen) atoms. The van der Waals surface area contributed by atoms with E-state index in [1.807, 2.05) is 0 Å². The largest absolute Gasteiger partial charge is 0.463 e. The second kappa shape index (κ2) is 5.96. The Kier molecular flexibility index (Phi) is 5.69. The number of hydrogen-bond acceptors (Lipinski definition) is 5. The maximum Gasteiger partial charge on any atom is 0.354 e. The van der Waals surface area contributed by atoms with Gasteiger partial charge in [0.25, 0.3) is 0 Å². The van der Waals surface area contributed by atoms with Crippen molar-refractivity contribution >= 4 is 13.6 Å². The smallest absolute Gasteiger partial charge is 0.354 e. The Morgan fingerprint density at radius 3 is 2.21 bits per heavy atom. The van der Waals surface area contributed by atoms with E-state index in [4.69, 9.17) is 4.74 Å². The van der Waals surface area contributed by atoms with Crippen molar-refractivity contribution in [3.05, 3.63) is 11.4 Å². The summed E-state index contributed by atoms with van der Waals surface area (Å²) >= 11 is 0. The molecule has 0 atom stereocenters. The van der Waals surface area contributed by atoms with Gasteiger partial charge in [-0.3, -0.25) is 4.57 Å². The van der Waals surface area contributed by atoms with Gasteiger partial charge in [-0.05, 0) is 13.8 Å². The lowest BCUT2D eigenvalue weighted by Crippen LogP contribution is -2.05. The number of hydrogen-bond donors (Lipinski definition) is 0. The van der Waals surface area contributed by atoms with E-state index in [-0.39, 0.29) is 12.2 Å². The van der Waals surface area contributed by atoms with Gasteiger partial charge in [0.05, 0.1) is 6.61 Å². The van der Waals surface area contributed by atoms with Gasteiger partial charge in [0.15, 0.2) is 0 Å². The van der Waals surface area contributed by atoms with Gasteiger partial charge in [0, 0.05) is 25.6 Å². The van der Waals surface area contributed by atoms with Crippen molar-refractivity contribution in [1.29, 1.82) is 0 Å². The molecule has 0 saturated carbocycles. The molecule has 0 aliphatic rings. The van der Waals surface area contributed by atoms with E-state index < -0.39 is 13.6 Å². The van der Waals surface area contributed by atoms with Crippen LogP contribution in [0.3, 0.4) is 0 Å². The first-order valence-electron chi connectivity index (χ1n) is 4.07.